The largest absolute Gasteiger partial charge is 0.416 e. The molecule has 0 saturated carbocycles. The van der Waals surface area contributed by atoms with Crippen molar-refractivity contribution < 1.29 is 4.43 Å². The fraction of sp³-hybridized carbons (Fsp3) is 1.00. The second kappa shape index (κ2) is 7.85. The molecule has 0 aliphatic heterocycles. The third kappa shape index (κ3) is 4.60. The van der Waals surface area contributed by atoms with Crippen molar-refractivity contribution in [2.75, 3.05) is 18.6 Å². The van der Waals surface area contributed by atoms with E-state index in [1.165, 1.54) is 5.75 Å². The van der Waals surface area contributed by atoms with Crippen LogP contribution in [0.2, 0.25) is 16.6 Å². The number of hydrogen-bond donors (Lipinski definition) is 0. The Morgan fingerprint density at radius 2 is 1.29 bits per heavy atom. The SMILES string of the molecule is CSC[C@H](C)CO[Si](C(C)C)(C(C)C)C(C)C. The molecule has 0 aliphatic rings. The molecule has 17 heavy (non-hydrogen) atoms. The zero-order valence-corrected chi connectivity index (χ0v) is 14.9. The molecule has 0 rings (SSSR count). The molecule has 0 saturated heterocycles. The van der Waals surface area contributed by atoms with Crippen molar-refractivity contribution in [1.82, 2.24) is 0 Å². The Balaban J connectivity index is 4.70. The van der Waals surface area contributed by atoms with E-state index >= 15 is 0 Å². The van der Waals surface area contributed by atoms with E-state index in [1.807, 2.05) is 11.8 Å². The number of thioether (sulfide) groups is 1. The molecule has 0 aromatic rings. The summed E-state index contributed by atoms with van der Waals surface area (Å²) in [7, 11) is -1.63. The Bertz CT molecular complexity index is 183. The highest BCUT2D eigenvalue weighted by molar-refractivity contribution is 7.98. The van der Waals surface area contributed by atoms with Crippen molar-refractivity contribution >= 4 is 20.1 Å². The van der Waals surface area contributed by atoms with Crippen LogP contribution in [0.1, 0.15) is 48.5 Å². The third-order valence-electron chi connectivity index (χ3n) is 3.78. The van der Waals surface area contributed by atoms with E-state index < -0.39 is 8.32 Å². The first-order valence-corrected chi connectivity index (χ1v) is 10.4. The Kier molecular flexibility index (Phi) is 8.09. The van der Waals surface area contributed by atoms with Crippen LogP contribution in [0.5, 0.6) is 0 Å². The molecule has 0 heterocycles. The van der Waals surface area contributed by atoms with E-state index in [2.05, 4.69) is 54.7 Å². The Hall–Kier alpha value is 0.527. The Morgan fingerprint density at radius 3 is 1.59 bits per heavy atom. The molecule has 1 atom stereocenters. The van der Waals surface area contributed by atoms with Gasteiger partial charge in [0.2, 0.25) is 0 Å². The van der Waals surface area contributed by atoms with Gasteiger partial charge in [-0.3, -0.25) is 0 Å². The molecule has 0 unspecified atom stereocenters. The summed E-state index contributed by atoms with van der Waals surface area (Å²) in [6.45, 7) is 17.4. The summed E-state index contributed by atoms with van der Waals surface area (Å²) < 4.78 is 6.55. The molecular weight excluding hydrogens is 244 g/mol. The predicted octanol–water partition coefficient (Wildman–Crippen LogP) is 5.18. The van der Waals surface area contributed by atoms with E-state index in [-0.39, 0.29) is 0 Å². The lowest BCUT2D eigenvalue weighted by Gasteiger charge is -2.42. The summed E-state index contributed by atoms with van der Waals surface area (Å²) in [5.74, 6) is 1.88. The van der Waals surface area contributed by atoms with Gasteiger partial charge in [-0.1, -0.05) is 48.5 Å². The van der Waals surface area contributed by atoms with Crippen LogP contribution in [-0.2, 0) is 4.43 Å². The van der Waals surface area contributed by atoms with Crippen LogP contribution in [0.3, 0.4) is 0 Å². The van der Waals surface area contributed by atoms with Gasteiger partial charge in [0, 0.05) is 6.61 Å². The van der Waals surface area contributed by atoms with E-state index in [9.17, 15) is 0 Å². The summed E-state index contributed by atoms with van der Waals surface area (Å²) in [5, 5.41) is 0. The van der Waals surface area contributed by atoms with Crippen molar-refractivity contribution in [3.63, 3.8) is 0 Å². The van der Waals surface area contributed by atoms with E-state index in [0.29, 0.717) is 22.5 Å². The summed E-state index contributed by atoms with van der Waals surface area (Å²) in [4.78, 5) is 0. The minimum atomic E-state index is -1.63. The highest BCUT2D eigenvalue weighted by Gasteiger charge is 2.45. The van der Waals surface area contributed by atoms with Crippen LogP contribution in [-0.4, -0.2) is 26.9 Å². The summed E-state index contributed by atoms with van der Waals surface area (Å²) in [6.07, 6.45) is 2.18. The Morgan fingerprint density at radius 1 is 0.882 bits per heavy atom. The molecule has 0 N–H and O–H groups in total. The first-order valence-electron chi connectivity index (χ1n) is 6.91. The maximum absolute atomic E-state index is 6.55. The van der Waals surface area contributed by atoms with Crippen LogP contribution in [0, 0.1) is 5.92 Å². The monoisotopic (exact) mass is 276 g/mol. The first-order chi connectivity index (χ1) is 7.78. The Labute approximate surface area is 114 Å². The van der Waals surface area contributed by atoms with Gasteiger partial charge in [0.25, 0.3) is 0 Å². The molecule has 0 aliphatic carbocycles. The van der Waals surface area contributed by atoms with E-state index in [1.54, 1.807) is 0 Å². The molecule has 3 heteroatoms. The zero-order valence-electron chi connectivity index (χ0n) is 13.0. The summed E-state index contributed by atoms with van der Waals surface area (Å²) in [5.41, 5.74) is 2.09. The van der Waals surface area contributed by atoms with Crippen LogP contribution < -0.4 is 0 Å². The second-order valence-electron chi connectivity index (χ2n) is 6.19. The molecule has 0 bridgehead atoms. The van der Waals surface area contributed by atoms with Gasteiger partial charge < -0.3 is 4.43 Å². The molecule has 104 valence electrons. The van der Waals surface area contributed by atoms with Gasteiger partial charge in [0.15, 0.2) is 8.32 Å². The molecule has 0 radical (unpaired) electrons. The van der Waals surface area contributed by atoms with Crippen molar-refractivity contribution in [1.29, 1.82) is 0 Å². The van der Waals surface area contributed by atoms with Crippen LogP contribution in [0.15, 0.2) is 0 Å². The van der Waals surface area contributed by atoms with Gasteiger partial charge in [0.1, 0.15) is 0 Å². The fourth-order valence-electron chi connectivity index (χ4n) is 3.12. The second-order valence-corrected chi connectivity index (χ2v) is 12.6. The van der Waals surface area contributed by atoms with Gasteiger partial charge in [-0.25, -0.2) is 0 Å². The minimum absolute atomic E-state index is 0.674. The summed E-state index contributed by atoms with van der Waals surface area (Å²) in [6, 6.07) is 0. The standard InChI is InChI=1S/C14H32OSSi/c1-11(2)17(12(3)4,13(5)6)15-9-14(7)10-16-8/h11-14H,9-10H2,1-8H3/t14-/m1/s1. The maximum Gasteiger partial charge on any atom is 0.200 e. The fourth-order valence-corrected chi connectivity index (χ4v) is 9.36. The number of hydrogen-bond acceptors (Lipinski definition) is 2. The molecule has 0 aromatic heterocycles. The van der Waals surface area contributed by atoms with Crippen molar-refractivity contribution in [3.05, 3.63) is 0 Å². The molecule has 0 amide bonds. The predicted molar refractivity (Wildman–Crippen MR) is 84.5 cm³/mol. The van der Waals surface area contributed by atoms with Gasteiger partial charge >= 0.3 is 0 Å². The van der Waals surface area contributed by atoms with Crippen molar-refractivity contribution in [3.8, 4) is 0 Å². The highest BCUT2D eigenvalue weighted by atomic mass is 32.2. The average molecular weight is 277 g/mol. The van der Waals surface area contributed by atoms with Crippen molar-refractivity contribution in [2.24, 2.45) is 5.92 Å². The molecular formula is C14H32OSSi. The van der Waals surface area contributed by atoms with Gasteiger partial charge in [-0.15, -0.1) is 0 Å². The molecule has 0 spiro atoms. The third-order valence-corrected chi connectivity index (χ3v) is 10.8. The van der Waals surface area contributed by atoms with Crippen molar-refractivity contribution in [2.45, 2.75) is 65.1 Å². The van der Waals surface area contributed by atoms with Gasteiger partial charge in [-0.05, 0) is 34.6 Å². The smallest absolute Gasteiger partial charge is 0.200 e. The highest BCUT2D eigenvalue weighted by Crippen LogP contribution is 2.42. The van der Waals surface area contributed by atoms with E-state index in [0.717, 1.165) is 6.61 Å². The maximum atomic E-state index is 6.55. The average Bonchev–Trinajstić information content (AvgIpc) is 2.17. The lowest BCUT2D eigenvalue weighted by molar-refractivity contribution is 0.240. The quantitative estimate of drug-likeness (QED) is 0.565. The summed E-state index contributed by atoms with van der Waals surface area (Å²) >= 11 is 1.92. The topological polar surface area (TPSA) is 9.23 Å². The molecule has 1 nitrogen and oxygen atoms in total. The lowest BCUT2D eigenvalue weighted by atomic mass is 10.2. The number of rotatable bonds is 8. The van der Waals surface area contributed by atoms with Crippen LogP contribution in [0.4, 0.5) is 0 Å². The van der Waals surface area contributed by atoms with Gasteiger partial charge in [-0.2, -0.15) is 11.8 Å². The van der Waals surface area contributed by atoms with Gasteiger partial charge in [0.05, 0.1) is 0 Å². The van der Waals surface area contributed by atoms with Crippen LogP contribution in [0.25, 0.3) is 0 Å². The molecule has 0 aromatic carbocycles. The van der Waals surface area contributed by atoms with Crippen LogP contribution >= 0.6 is 11.8 Å². The normalized spacial score (nSPS) is 15.0. The molecule has 0 fully saturated rings. The zero-order chi connectivity index (χ0) is 13.6. The lowest BCUT2D eigenvalue weighted by Crippen LogP contribution is -2.48. The van der Waals surface area contributed by atoms with E-state index in [4.69, 9.17) is 4.43 Å². The minimum Gasteiger partial charge on any atom is -0.416 e. The first kappa shape index (κ1) is 17.5.